The molecule has 0 aliphatic rings. The predicted octanol–water partition coefficient (Wildman–Crippen LogP) is 0.470. The zero-order valence-electron chi connectivity index (χ0n) is 6.26. The fourth-order valence-corrected chi connectivity index (χ4v) is 1.49. The molecule has 0 aliphatic heterocycles. The molecule has 1 N–H and O–H groups in total. The van der Waals surface area contributed by atoms with Crippen LogP contribution < -0.4 is 0 Å². The minimum absolute atomic E-state index is 0.257. The molecule has 2 heterocycles. The lowest BCUT2D eigenvalue weighted by molar-refractivity contribution is 0.734. The number of aromatic nitrogens is 8. The van der Waals surface area contributed by atoms with Crippen molar-refractivity contribution in [2.45, 2.75) is 2.14 Å². The van der Waals surface area contributed by atoms with Gasteiger partial charge >= 0.3 is 0 Å². The molecule has 2 aromatic rings. The maximum absolute atomic E-state index is 3.78. The molecule has 2 rings (SSSR count). The first-order valence-electron chi connectivity index (χ1n) is 3.18. The summed E-state index contributed by atoms with van der Waals surface area (Å²) in [5.41, 5.74) is 0. The van der Waals surface area contributed by atoms with Gasteiger partial charge in [-0.3, -0.25) is 0 Å². The predicted molar refractivity (Wildman–Crippen MR) is 55.3 cm³/mol. The van der Waals surface area contributed by atoms with E-state index in [0.717, 1.165) is 0 Å². The van der Waals surface area contributed by atoms with Crippen LogP contribution >= 0.6 is 47.8 Å². The van der Waals surface area contributed by atoms with Gasteiger partial charge in [0.05, 0.1) is 0 Å². The van der Waals surface area contributed by atoms with Crippen LogP contribution in [0.25, 0.3) is 5.95 Å². The number of hydrogen-bond donors (Lipinski definition) is 1. The van der Waals surface area contributed by atoms with E-state index in [9.17, 15) is 0 Å². The maximum Gasteiger partial charge on any atom is 0.293 e. The Morgan fingerprint density at radius 3 is 2.57 bits per heavy atom. The fourth-order valence-electron chi connectivity index (χ4n) is 0.745. The summed E-state index contributed by atoms with van der Waals surface area (Å²) in [7, 11) is 0. The summed E-state index contributed by atoms with van der Waals surface area (Å²) in [6.07, 6.45) is 0. The van der Waals surface area contributed by atoms with E-state index in [4.69, 9.17) is 0 Å². The molecular formula is C3HBr3N8. The minimum atomic E-state index is -0.725. The van der Waals surface area contributed by atoms with Gasteiger partial charge in [-0.2, -0.15) is 9.90 Å². The van der Waals surface area contributed by atoms with E-state index in [-0.39, 0.29) is 5.95 Å². The second-order valence-corrected chi connectivity index (χ2v) is 8.88. The molecule has 0 aromatic carbocycles. The van der Waals surface area contributed by atoms with E-state index in [1.165, 1.54) is 4.68 Å². The highest BCUT2D eigenvalue weighted by Gasteiger charge is 2.30. The van der Waals surface area contributed by atoms with Crippen molar-refractivity contribution in [3.05, 3.63) is 5.82 Å². The molecule has 11 heteroatoms. The van der Waals surface area contributed by atoms with Crippen molar-refractivity contribution in [3.63, 3.8) is 0 Å². The average Bonchev–Trinajstić information content (AvgIpc) is 2.73. The third kappa shape index (κ3) is 1.83. The van der Waals surface area contributed by atoms with Crippen molar-refractivity contribution in [1.29, 1.82) is 0 Å². The van der Waals surface area contributed by atoms with Gasteiger partial charge in [0.25, 0.3) is 5.95 Å². The number of halogens is 3. The molecule has 0 radical (unpaired) electrons. The van der Waals surface area contributed by atoms with Gasteiger partial charge in [-0.05, 0) is 15.6 Å². The van der Waals surface area contributed by atoms with Gasteiger partial charge in [-0.1, -0.05) is 52.9 Å². The molecule has 74 valence electrons. The van der Waals surface area contributed by atoms with E-state index in [2.05, 4.69) is 83.9 Å². The Morgan fingerprint density at radius 2 is 2.00 bits per heavy atom. The Kier molecular flexibility index (Phi) is 2.62. The van der Waals surface area contributed by atoms with Crippen molar-refractivity contribution in [2.75, 3.05) is 0 Å². The first-order chi connectivity index (χ1) is 6.59. The van der Waals surface area contributed by atoms with Gasteiger partial charge in [0.2, 0.25) is 0 Å². The smallest absolute Gasteiger partial charge is 0.175 e. The highest BCUT2D eigenvalue weighted by molar-refractivity contribution is 9.38. The van der Waals surface area contributed by atoms with Crippen molar-refractivity contribution >= 4 is 47.8 Å². The Morgan fingerprint density at radius 1 is 1.21 bits per heavy atom. The number of H-pyrrole nitrogens is 1. The molecule has 8 nitrogen and oxygen atoms in total. The van der Waals surface area contributed by atoms with Crippen LogP contribution in [0.3, 0.4) is 0 Å². The van der Waals surface area contributed by atoms with E-state index in [0.29, 0.717) is 5.82 Å². The number of alkyl halides is 3. The van der Waals surface area contributed by atoms with Crippen LogP contribution in [0.5, 0.6) is 0 Å². The molecule has 0 aliphatic carbocycles. The summed E-state index contributed by atoms with van der Waals surface area (Å²) >= 11 is 9.86. The van der Waals surface area contributed by atoms with Gasteiger partial charge in [-0.25, -0.2) is 0 Å². The molecular weight excluding hydrogens is 388 g/mol. The Bertz CT molecular complexity index is 413. The quantitative estimate of drug-likeness (QED) is 0.713. The lowest BCUT2D eigenvalue weighted by Gasteiger charge is -2.08. The summed E-state index contributed by atoms with van der Waals surface area (Å²) in [4.78, 5) is 0. The third-order valence-electron chi connectivity index (χ3n) is 1.25. The zero-order chi connectivity index (χ0) is 10.2. The monoisotopic (exact) mass is 386 g/mol. The molecule has 0 unspecified atom stereocenters. The second kappa shape index (κ2) is 3.62. The normalized spacial score (nSPS) is 11.9. The topological polar surface area (TPSA) is 98.1 Å². The number of nitrogens with one attached hydrogen (secondary N) is 1. The highest BCUT2D eigenvalue weighted by Crippen LogP contribution is 2.43. The molecule has 0 bridgehead atoms. The van der Waals surface area contributed by atoms with Crippen molar-refractivity contribution in [2.24, 2.45) is 0 Å². The largest absolute Gasteiger partial charge is 0.293 e. The maximum atomic E-state index is 3.78. The average molecular weight is 389 g/mol. The summed E-state index contributed by atoms with van der Waals surface area (Å²) in [5, 5.41) is 24.2. The SMILES string of the molecule is BrC(Br)(Br)c1nnnn1-c1nn[nH]n1. The summed E-state index contributed by atoms with van der Waals surface area (Å²) in [6, 6.07) is 0. The number of aromatic amines is 1. The molecule has 0 saturated heterocycles. The first kappa shape index (κ1) is 10.1. The van der Waals surface area contributed by atoms with Crippen LogP contribution in [0.1, 0.15) is 5.82 Å². The van der Waals surface area contributed by atoms with Gasteiger partial charge in [0.15, 0.2) is 7.97 Å². The first-order valence-corrected chi connectivity index (χ1v) is 5.56. The van der Waals surface area contributed by atoms with Crippen LogP contribution in [0, 0.1) is 0 Å². The van der Waals surface area contributed by atoms with Gasteiger partial charge < -0.3 is 0 Å². The van der Waals surface area contributed by atoms with E-state index in [1.807, 2.05) is 0 Å². The van der Waals surface area contributed by atoms with E-state index in [1.54, 1.807) is 0 Å². The van der Waals surface area contributed by atoms with E-state index < -0.39 is 2.14 Å². The van der Waals surface area contributed by atoms with Gasteiger partial charge in [0, 0.05) is 0 Å². The molecule has 0 spiro atoms. The molecule has 0 saturated carbocycles. The van der Waals surface area contributed by atoms with Crippen molar-refractivity contribution in [3.8, 4) is 5.95 Å². The Hall–Kier alpha value is -0.420. The van der Waals surface area contributed by atoms with Crippen LogP contribution in [0.2, 0.25) is 0 Å². The van der Waals surface area contributed by atoms with Crippen LogP contribution in [-0.2, 0) is 2.14 Å². The number of hydrogen-bond acceptors (Lipinski definition) is 6. The molecule has 14 heavy (non-hydrogen) atoms. The minimum Gasteiger partial charge on any atom is -0.175 e. The Labute approximate surface area is 102 Å². The summed E-state index contributed by atoms with van der Waals surface area (Å²) in [6.45, 7) is 0. The summed E-state index contributed by atoms with van der Waals surface area (Å²) in [5.74, 6) is 0.701. The lowest BCUT2D eigenvalue weighted by atomic mass is 10.7. The lowest BCUT2D eigenvalue weighted by Crippen LogP contribution is -2.11. The summed E-state index contributed by atoms with van der Waals surface area (Å²) < 4.78 is 0.596. The molecule has 0 amide bonds. The molecule has 2 aromatic heterocycles. The van der Waals surface area contributed by atoms with Gasteiger partial charge in [0.1, 0.15) is 0 Å². The van der Waals surface area contributed by atoms with Crippen LogP contribution in [0.15, 0.2) is 0 Å². The van der Waals surface area contributed by atoms with Crippen LogP contribution in [0.4, 0.5) is 0 Å². The number of nitrogens with zero attached hydrogens (tertiary/aromatic N) is 7. The van der Waals surface area contributed by atoms with E-state index >= 15 is 0 Å². The molecule has 0 atom stereocenters. The third-order valence-corrected chi connectivity index (χ3v) is 2.31. The van der Waals surface area contributed by atoms with Crippen molar-refractivity contribution in [1.82, 2.24) is 40.8 Å². The van der Waals surface area contributed by atoms with Gasteiger partial charge in [-0.15, -0.1) is 10.2 Å². The number of rotatable bonds is 1. The van der Waals surface area contributed by atoms with Crippen LogP contribution in [-0.4, -0.2) is 40.8 Å². The number of tetrazole rings is 2. The second-order valence-electron chi connectivity index (χ2n) is 2.12. The molecule has 0 fully saturated rings. The Balaban J connectivity index is 2.51. The fraction of sp³-hybridized carbons (Fsp3) is 0.333. The highest BCUT2D eigenvalue weighted by atomic mass is 80.0. The van der Waals surface area contributed by atoms with Crippen molar-refractivity contribution < 1.29 is 0 Å². The standard InChI is InChI=1S/C3HBr3N8/c4-3(5,6)1-7-12-13-14(1)2-8-10-11-9-2/h(H,8,9,10,11). The zero-order valence-corrected chi connectivity index (χ0v) is 11.0.